The van der Waals surface area contributed by atoms with Crippen molar-refractivity contribution in [2.24, 2.45) is 0 Å². The van der Waals surface area contributed by atoms with Gasteiger partial charge in [-0.15, -0.1) is 0 Å². The Labute approximate surface area is 244 Å². The number of carbonyl (C=O) groups is 1. The first-order valence-electron chi connectivity index (χ1n) is 13.1. The highest BCUT2D eigenvalue weighted by molar-refractivity contribution is 9.10. The van der Waals surface area contributed by atoms with Gasteiger partial charge in [0.1, 0.15) is 5.56 Å². The van der Waals surface area contributed by atoms with Crippen molar-refractivity contribution in [1.82, 2.24) is 9.55 Å². The maximum Gasteiger partial charge on any atom is 0.341 e. The van der Waals surface area contributed by atoms with Gasteiger partial charge in [0.05, 0.1) is 34.8 Å². The number of halogens is 1. The summed E-state index contributed by atoms with van der Waals surface area (Å²) >= 11 is 5.27. The first-order chi connectivity index (χ1) is 19.4. The molecule has 0 unspecified atom stereocenters. The average Bonchev–Trinajstić information content (AvgIpc) is 3.63. The lowest BCUT2D eigenvalue weighted by molar-refractivity contribution is 0.0695. The zero-order valence-electron chi connectivity index (χ0n) is 22.4. The van der Waals surface area contributed by atoms with E-state index in [-0.39, 0.29) is 5.56 Å². The number of pyridine rings is 1. The SMILES string of the molecule is COCCN(CCOC)c1nc2ccc(-n3cc(C(=O)O)c(=O)cc3-c3ccc(N4CCCC4)c(Br)c3)cc2s1. The van der Waals surface area contributed by atoms with E-state index in [1.165, 1.54) is 25.1 Å². The maximum absolute atomic E-state index is 12.8. The number of fused-ring (bicyclic) bond motifs is 1. The van der Waals surface area contributed by atoms with Gasteiger partial charge in [-0.2, -0.15) is 0 Å². The smallest absolute Gasteiger partial charge is 0.341 e. The molecule has 1 fully saturated rings. The third kappa shape index (κ3) is 5.92. The van der Waals surface area contributed by atoms with Crippen LogP contribution in [0.3, 0.4) is 0 Å². The van der Waals surface area contributed by atoms with Crippen LogP contribution in [0.25, 0.3) is 27.2 Å². The predicted molar refractivity (Wildman–Crippen MR) is 163 cm³/mol. The lowest BCUT2D eigenvalue weighted by atomic mass is 10.1. The van der Waals surface area contributed by atoms with E-state index in [0.717, 1.165) is 49.8 Å². The number of thiazole rings is 1. The second kappa shape index (κ2) is 12.5. The van der Waals surface area contributed by atoms with Crippen LogP contribution in [-0.2, 0) is 9.47 Å². The van der Waals surface area contributed by atoms with Crippen LogP contribution in [0.2, 0.25) is 0 Å². The summed E-state index contributed by atoms with van der Waals surface area (Å²) in [5.74, 6) is -1.26. The quantitative estimate of drug-likeness (QED) is 0.240. The van der Waals surface area contributed by atoms with Crippen LogP contribution in [0.4, 0.5) is 10.8 Å². The van der Waals surface area contributed by atoms with Gasteiger partial charge in [0, 0.05) is 62.8 Å². The second-order valence-electron chi connectivity index (χ2n) is 9.59. The molecule has 2 aromatic heterocycles. The third-order valence-corrected chi connectivity index (χ3v) is 8.73. The standard InChI is InChI=1S/C29H31BrN4O5S/c1-38-13-11-33(12-14-39-2)29-31-23-7-6-20(16-27(23)40-29)34-18-21(28(36)37)26(35)17-25(34)19-5-8-24(22(30)15-19)32-9-3-4-10-32/h5-8,15-18H,3-4,9-14H2,1-2H3,(H,36,37). The van der Waals surface area contributed by atoms with Crippen LogP contribution in [-0.4, -0.2) is 74.2 Å². The van der Waals surface area contributed by atoms with E-state index in [1.807, 2.05) is 30.3 Å². The summed E-state index contributed by atoms with van der Waals surface area (Å²) in [5.41, 5.74) is 3.28. The van der Waals surface area contributed by atoms with Crippen LogP contribution in [0.1, 0.15) is 23.2 Å². The molecule has 1 aliphatic rings. The number of aromatic carboxylic acids is 1. The minimum Gasteiger partial charge on any atom is -0.477 e. The number of carboxylic acids is 1. The van der Waals surface area contributed by atoms with Crippen LogP contribution >= 0.6 is 27.3 Å². The Kier molecular flexibility index (Phi) is 8.84. The number of rotatable bonds is 11. The van der Waals surface area contributed by atoms with E-state index in [9.17, 15) is 14.7 Å². The van der Waals surface area contributed by atoms with Gasteiger partial charge in [0.2, 0.25) is 0 Å². The highest BCUT2D eigenvalue weighted by Gasteiger charge is 2.19. The van der Waals surface area contributed by atoms with E-state index in [2.05, 4.69) is 31.8 Å². The molecule has 0 saturated carbocycles. The molecule has 1 saturated heterocycles. The molecule has 0 aliphatic carbocycles. The van der Waals surface area contributed by atoms with Gasteiger partial charge < -0.3 is 28.9 Å². The van der Waals surface area contributed by atoms with Crippen molar-refractivity contribution in [3.8, 4) is 16.9 Å². The first-order valence-corrected chi connectivity index (χ1v) is 14.7. The maximum atomic E-state index is 12.8. The molecule has 2 aromatic carbocycles. The van der Waals surface area contributed by atoms with Crippen LogP contribution in [0.5, 0.6) is 0 Å². The Balaban J connectivity index is 1.58. The van der Waals surface area contributed by atoms with Crippen molar-refractivity contribution in [3.63, 3.8) is 0 Å². The number of hydrogen-bond acceptors (Lipinski definition) is 8. The zero-order valence-corrected chi connectivity index (χ0v) is 24.8. The molecule has 0 radical (unpaired) electrons. The third-order valence-electron chi connectivity index (χ3n) is 7.01. The highest BCUT2D eigenvalue weighted by atomic mass is 79.9. The summed E-state index contributed by atoms with van der Waals surface area (Å²) < 4.78 is 14.2. The molecule has 0 amide bonds. The Morgan fingerprint density at radius 3 is 2.45 bits per heavy atom. The molecular weight excluding hydrogens is 596 g/mol. The second-order valence-corrected chi connectivity index (χ2v) is 11.5. The van der Waals surface area contributed by atoms with Crippen molar-refractivity contribution in [3.05, 3.63) is 68.9 Å². The Bertz CT molecular complexity index is 1570. The topological polar surface area (TPSA) is 97.1 Å². The largest absolute Gasteiger partial charge is 0.477 e. The molecule has 5 rings (SSSR count). The van der Waals surface area contributed by atoms with E-state index in [1.54, 1.807) is 30.1 Å². The molecular formula is C29H31BrN4O5S. The Hall–Kier alpha value is -3.25. The normalized spacial score (nSPS) is 13.3. The number of aromatic nitrogens is 2. The molecule has 11 heteroatoms. The van der Waals surface area contributed by atoms with E-state index >= 15 is 0 Å². The molecule has 1 aliphatic heterocycles. The van der Waals surface area contributed by atoms with Gasteiger partial charge in [0.15, 0.2) is 10.6 Å². The monoisotopic (exact) mass is 626 g/mol. The minimum absolute atomic E-state index is 0.285. The Morgan fingerprint density at radius 1 is 1.07 bits per heavy atom. The fourth-order valence-corrected chi connectivity index (χ4v) is 6.58. The molecule has 3 heterocycles. The molecule has 0 bridgehead atoms. The molecule has 1 N–H and O–H groups in total. The summed E-state index contributed by atoms with van der Waals surface area (Å²) in [4.78, 5) is 34.0. The summed E-state index contributed by atoms with van der Waals surface area (Å²) in [6, 6.07) is 13.2. The van der Waals surface area contributed by atoms with Crippen LogP contribution < -0.4 is 15.2 Å². The number of anilines is 2. The van der Waals surface area contributed by atoms with Gasteiger partial charge in [0.25, 0.3) is 0 Å². The zero-order chi connectivity index (χ0) is 28.2. The lowest BCUT2D eigenvalue weighted by Crippen LogP contribution is -2.30. The summed E-state index contributed by atoms with van der Waals surface area (Å²) in [5, 5.41) is 10.6. The van der Waals surface area contributed by atoms with Crippen molar-refractivity contribution >= 4 is 54.3 Å². The van der Waals surface area contributed by atoms with Crippen molar-refractivity contribution in [2.75, 3.05) is 63.4 Å². The van der Waals surface area contributed by atoms with E-state index < -0.39 is 11.4 Å². The van der Waals surface area contributed by atoms with Crippen molar-refractivity contribution < 1.29 is 19.4 Å². The van der Waals surface area contributed by atoms with Crippen LogP contribution in [0.15, 0.2) is 57.9 Å². The summed E-state index contributed by atoms with van der Waals surface area (Å²) in [6.07, 6.45) is 3.75. The fraction of sp³-hybridized carbons (Fsp3) is 0.345. The van der Waals surface area contributed by atoms with Crippen LogP contribution in [0, 0.1) is 0 Å². The van der Waals surface area contributed by atoms with Gasteiger partial charge >= 0.3 is 5.97 Å². The van der Waals surface area contributed by atoms with E-state index in [4.69, 9.17) is 14.5 Å². The first kappa shape index (κ1) is 28.3. The molecule has 0 atom stereocenters. The Morgan fingerprint density at radius 2 is 1.80 bits per heavy atom. The number of ether oxygens (including phenoxy) is 2. The minimum atomic E-state index is -1.26. The molecule has 0 spiro atoms. The number of hydrogen-bond donors (Lipinski definition) is 1. The molecule has 210 valence electrons. The van der Waals surface area contributed by atoms with Gasteiger partial charge in [-0.05, 0) is 64.7 Å². The van der Waals surface area contributed by atoms with Gasteiger partial charge in [-0.1, -0.05) is 17.4 Å². The fourth-order valence-electron chi connectivity index (χ4n) is 4.90. The summed E-state index contributed by atoms with van der Waals surface area (Å²) in [6.45, 7) is 4.52. The number of nitrogens with zero attached hydrogens (tertiary/aromatic N) is 4. The predicted octanol–water partition coefficient (Wildman–Crippen LogP) is 5.27. The summed E-state index contributed by atoms with van der Waals surface area (Å²) in [7, 11) is 3.34. The van der Waals surface area contributed by atoms with E-state index in [0.29, 0.717) is 32.0 Å². The van der Waals surface area contributed by atoms with Gasteiger partial charge in [-0.25, -0.2) is 9.78 Å². The highest BCUT2D eigenvalue weighted by Crippen LogP contribution is 2.35. The number of carboxylic acid groups (broad SMARTS) is 1. The van der Waals surface area contributed by atoms with Crippen molar-refractivity contribution in [2.45, 2.75) is 12.8 Å². The molecule has 4 aromatic rings. The van der Waals surface area contributed by atoms with Gasteiger partial charge in [-0.3, -0.25) is 4.79 Å². The molecule has 40 heavy (non-hydrogen) atoms. The van der Waals surface area contributed by atoms with Crippen molar-refractivity contribution in [1.29, 1.82) is 0 Å². The molecule has 9 nitrogen and oxygen atoms in total. The lowest BCUT2D eigenvalue weighted by Gasteiger charge is -2.21. The number of benzene rings is 2. The number of methoxy groups -OCH3 is 2. The average molecular weight is 628 g/mol.